The topological polar surface area (TPSA) is 38.5 Å². The van der Waals surface area contributed by atoms with Gasteiger partial charge in [-0.15, -0.1) is 0 Å². The lowest BCUT2D eigenvalue weighted by Gasteiger charge is -2.25. The molecule has 3 nitrogen and oxygen atoms in total. The van der Waals surface area contributed by atoms with Crippen LogP contribution in [0.3, 0.4) is 0 Å². The third-order valence-electron chi connectivity index (χ3n) is 2.69. The minimum Gasteiger partial charge on any atom is -0.496 e. The third-order valence-corrected chi connectivity index (χ3v) is 2.69. The maximum Gasteiger partial charge on any atom is 0.125 e. The van der Waals surface area contributed by atoms with Crippen LogP contribution < -0.4 is 15.4 Å². The molecule has 0 heterocycles. The highest BCUT2D eigenvalue weighted by Gasteiger charge is 2.15. The molecule has 16 heavy (non-hydrogen) atoms. The first kappa shape index (κ1) is 12.8. The summed E-state index contributed by atoms with van der Waals surface area (Å²) in [4.78, 5) is 2.22. The Hall–Kier alpha value is -1.22. The van der Waals surface area contributed by atoms with Gasteiger partial charge in [0, 0.05) is 30.9 Å². The van der Waals surface area contributed by atoms with Crippen molar-refractivity contribution in [3.05, 3.63) is 23.8 Å². The first-order valence-electron chi connectivity index (χ1n) is 5.75. The largest absolute Gasteiger partial charge is 0.496 e. The molecule has 2 N–H and O–H groups in total. The lowest BCUT2D eigenvalue weighted by atomic mass is 10.0. The van der Waals surface area contributed by atoms with Gasteiger partial charge >= 0.3 is 0 Å². The second kappa shape index (κ2) is 5.75. The molecule has 0 saturated carbocycles. The molecular weight excluding hydrogens is 200 g/mol. The summed E-state index contributed by atoms with van der Waals surface area (Å²) in [5.74, 6) is 0.871. The predicted molar refractivity (Wildman–Crippen MR) is 69.2 cm³/mol. The lowest BCUT2D eigenvalue weighted by Crippen LogP contribution is -2.21. The van der Waals surface area contributed by atoms with Gasteiger partial charge in [-0.25, -0.2) is 0 Å². The number of methoxy groups -OCH3 is 1. The first-order chi connectivity index (χ1) is 7.61. The summed E-state index contributed by atoms with van der Waals surface area (Å²) in [7, 11) is 3.77. The van der Waals surface area contributed by atoms with Crippen LogP contribution in [0.5, 0.6) is 5.75 Å². The van der Waals surface area contributed by atoms with Crippen molar-refractivity contribution in [1.29, 1.82) is 0 Å². The Morgan fingerprint density at radius 2 is 2.12 bits per heavy atom. The van der Waals surface area contributed by atoms with Gasteiger partial charge in [-0.3, -0.25) is 0 Å². The maximum atomic E-state index is 6.02. The van der Waals surface area contributed by atoms with E-state index in [0.29, 0.717) is 0 Å². The van der Waals surface area contributed by atoms with Crippen LogP contribution >= 0.6 is 0 Å². The summed E-state index contributed by atoms with van der Waals surface area (Å²) >= 11 is 0. The number of rotatable bonds is 5. The zero-order valence-electron chi connectivity index (χ0n) is 10.7. The summed E-state index contributed by atoms with van der Waals surface area (Å²) in [5, 5.41) is 0. The van der Waals surface area contributed by atoms with Crippen molar-refractivity contribution >= 4 is 5.69 Å². The SMILES string of the molecule is CCCN(C)c1cccc(OC)c1[C@@H](C)N. The average Bonchev–Trinajstić information content (AvgIpc) is 2.28. The molecule has 1 aromatic rings. The van der Waals surface area contributed by atoms with Crippen LogP contribution in [0.15, 0.2) is 18.2 Å². The average molecular weight is 222 g/mol. The van der Waals surface area contributed by atoms with E-state index in [2.05, 4.69) is 24.9 Å². The van der Waals surface area contributed by atoms with Crippen molar-refractivity contribution < 1.29 is 4.74 Å². The van der Waals surface area contributed by atoms with E-state index in [1.165, 1.54) is 0 Å². The number of nitrogens with two attached hydrogens (primary N) is 1. The van der Waals surface area contributed by atoms with Crippen molar-refractivity contribution in [2.75, 3.05) is 25.6 Å². The second-order valence-electron chi connectivity index (χ2n) is 4.10. The van der Waals surface area contributed by atoms with Crippen LogP contribution in [0.2, 0.25) is 0 Å². The zero-order valence-corrected chi connectivity index (χ0v) is 10.7. The Morgan fingerprint density at radius 3 is 2.62 bits per heavy atom. The van der Waals surface area contributed by atoms with Gasteiger partial charge in [0.05, 0.1) is 7.11 Å². The molecule has 3 heteroatoms. The fourth-order valence-corrected chi connectivity index (χ4v) is 1.96. The number of nitrogens with zero attached hydrogens (tertiary/aromatic N) is 1. The molecule has 0 fully saturated rings. The summed E-state index contributed by atoms with van der Waals surface area (Å²) < 4.78 is 5.37. The standard InChI is InChI=1S/C13H22N2O/c1-5-9-15(3)11-7-6-8-12(16-4)13(11)10(2)14/h6-8,10H,5,9,14H2,1-4H3/t10-/m1/s1. The van der Waals surface area contributed by atoms with Crippen LogP contribution in [-0.2, 0) is 0 Å². The summed E-state index contributed by atoms with van der Waals surface area (Å²) in [6.07, 6.45) is 1.12. The van der Waals surface area contributed by atoms with Crippen LogP contribution in [0, 0.1) is 0 Å². The molecule has 0 spiro atoms. The summed E-state index contributed by atoms with van der Waals surface area (Å²) in [6, 6.07) is 6.04. The number of anilines is 1. The molecule has 1 aromatic carbocycles. The van der Waals surface area contributed by atoms with Crippen LogP contribution in [0.1, 0.15) is 31.9 Å². The van der Waals surface area contributed by atoms with E-state index in [1.807, 2.05) is 19.1 Å². The second-order valence-corrected chi connectivity index (χ2v) is 4.10. The monoisotopic (exact) mass is 222 g/mol. The van der Waals surface area contributed by atoms with E-state index in [4.69, 9.17) is 10.5 Å². The highest BCUT2D eigenvalue weighted by molar-refractivity contribution is 5.60. The van der Waals surface area contributed by atoms with E-state index in [9.17, 15) is 0 Å². The third kappa shape index (κ3) is 2.67. The van der Waals surface area contributed by atoms with Gasteiger partial charge in [-0.2, -0.15) is 0 Å². The van der Waals surface area contributed by atoms with E-state index in [0.717, 1.165) is 30.0 Å². The Balaban J connectivity index is 3.16. The minimum atomic E-state index is -0.0227. The molecule has 0 saturated heterocycles. The normalized spacial score (nSPS) is 12.3. The van der Waals surface area contributed by atoms with Gasteiger partial charge in [-0.05, 0) is 25.5 Å². The molecule has 0 amide bonds. The maximum absolute atomic E-state index is 6.02. The smallest absolute Gasteiger partial charge is 0.125 e. The van der Waals surface area contributed by atoms with Gasteiger partial charge < -0.3 is 15.4 Å². The number of benzene rings is 1. The van der Waals surface area contributed by atoms with Gasteiger partial charge in [0.25, 0.3) is 0 Å². The van der Waals surface area contributed by atoms with Gasteiger partial charge in [0.2, 0.25) is 0 Å². The highest BCUT2D eigenvalue weighted by atomic mass is 16.5. The lowest BCUT2D eigenvalue weighted by molar-refractivity contribution is 0.407. The molecule has 0 radical (unpaired) electrons. The van der Waals surface area contributed by atoms with E-state index < -0.39 is 0 Å². The molecule has 0 aliphatic rings. The molecule has 0 aromatic heterocycles. The predicted octanol–water partition coefficient (Wildman–Crippen LogP) is 2.56. The van der Waals surface area contributed by atoms with Crippen LogP contribution in [-0.4, -0.2) is 20.7 Å². The molecule has 0 bridgehead atoms. The highest BCUT2D eigenvalue weighted by Crippen LogP contribution is 2.33. The van der Waals surface area contributed by atoms with Gasteiger partial charge in [-0.1, -0.05) is 13.0 Å². The Morgan fingerprint density at radius 1 is 1.44 bits per heavy atom. The van der Waals surface area contributed by atoms with Crippen LogP contribution in [0.4, 0.5) is 5.69 Å². The molecule has 0 aliphatic heterocycles. The van der Waals surface area contributed by atoms with Gasteiger partial charge in [0.1, 0.15) is 5.75 Å². The van der Waals surface area contributed by atoms with Crippen molar-refractivity contribution in [3.63, 3.8) is 0 Å². The molecule has 90 valence electrons. The van der Waals surface area contributed by atoms with E-state index >= 15 is 0 Å². The molecule has 0 aliphatic carbocycles. The summed E-state index contributed by atoms with van der Waals surface area (Å²) in [6.45, 7) is 5.18. The molecular formula is C13H22N2O. The summed E-state index contributed by atoms with van der Waals surface area (Å²) in [5.41, 5.74) is 8.27. The first-order valence-corrected chi connectivity index (χ1v) is 5.75. The molecule has 0 unspecified atom stereocenters. The number of hydrogen-bond acceptors (Lipinski definition) is 3. The minimum absolute atomic E-state index is 0.0227. The van der Waals surface area contributed by atoms with Crippen LogP contribution in [0.25, 0.3) is 0 Å². The Bertz CT molecular complexity index is 337. The fraction of sp³-hybridized carbons (Fsp3) is 0.538. The Labute approximate surface area is 98.2 Å². The number of hydrogen-bond donors (Lipinski definition) is 1. The van der Waals surface area contributed by atoms with Crippen molar-refractivity contribution in [1.82, 2.24) is 0 Å². The van der Waals surface area contributed by atoms with Crippen molar-refractivity contribution in [2.24, 2.45) is 5.73 Å². The quantitative estimate of drug-likeness (QED) is 0.832. The zero-order chi connectivity index (χ0) is 12.1. The molecule has 1 rings (SSSR count). The fourth-order valence-electron chi connectivity index (χ4n) is 1.96. The van der Waals surface area contributed by atoms with E-state index in [-0.39, 0.29) is 6.04 Å². The number of ether oxygens (including phenoxy) is 1. The molecule has 1 atom stereocenters. The van der Waals surface area contributed by atoms with Gasteiger partial charge in [0.15, 0.2) is 0 Å². The van der Waals surface area contributed by atoms with Crippen molar-refractivity contribution in [3.8, 4) is 5.75 Å². The Kier molecular flexibility index (Phi) is 4.62. The van der Waals surface area contributed by atoms with Crippen molar-refractivity contribution in [2.45, 2.75) is 26.3 Å². The van der Waals surface area contributed by atoms with E-state index in [1.54, 1.807) is 7.11 Å².